The fourth-order valence-corrected chi connectivity index (χ4v) is 7.55. The van der Waals surface area contributed by atoms with E-state index in [1.54, 1.807) is 29.2 Å². The highest BCUT2D eigenvalue weighted by Gasteiger charge is 2.24. The largest absolute Gasteiger partial charge is 0.287 e. The van der Waals surface area contributed by atoms with Gasteiger partial charge >= 0.3 is 0 Å². The van der Waals surface area contributed by atoms with Crippen molar-refractivity contribution in [1.82, 2.24) is 9.55 Å². The number of benzene rings is 1. The standard InChI is InChI=1S/C26H32Cl2N2OS2/c1-3-4-5-6-7-8-13-30-25(31)23-20-12-9-17(2)14-22(20)33-24(23)29-26(30)32-16-18-10-11-19(27)15-21(18)28/h10-11,15,17H,3-9,12-14,16H2,1-2H3. The van der Waals surface area contributed by atoms with Gasteiger partial charge in [-0.15, -0.1) is 11.3 Å². The van der Waals surface area contributed by atoms with Crippen LogP contribution in [0.4, 0.5) is 0 Å². The average Bonchev–Trinajstić information content (AvgIpc) is 3.14. The molecule has 0 bridgehead atoms. The third-order valence-corrected chi connectivity index (χ3v) is 9.25. The third-order valence-electron chi connectivity index (χ3n) is 6.49. The minimum atomic E-state index is 0.144. The summed E-state index contributed by atoms with van der Waals surface area (Å²) in [6.45, 7) is 5.26. The van der Waals surface area contributed by atoms with Gasteiger partial charge in [0.15, 0.2) is 5.16 Å². The van der Waals surface area contributed by atoms with E-state index in [0.29, 0.717) is 21.7 Å². The van der Waals surface area contributed by atoms with Crippen LogP contribution in [0.5, 0.6) is 0 Å². The van der Waals surface area contributed by atoms with Crippen LogP contribution < -0.4 is 5.56 Å². The van der Waals surface area contributed by atoms with Crippen molar-refractivity contribution < 1.29 is 0 Å². The Hall–Kier alpha value is -1.01. The van der Waals surface area contributed by atoms with Gasteiger partial charge in [-0.05, 0) is 54.9 Å². The number of thiophene rings is 1. The van der Waals surface area contributed by atoms with Gasteiger partial charge in [0.2, 0.25) is 0 Å². The molecule has 33 heavy (non-hydrogen) atoms. The fraction of sp³-hybridized carbons (Fsp3) is 0.538. The molecule has 1 unspecified atom stereocenters. The van der Waals surface area contributed by atoms with Crippen LogP contribution in [0.25, 0.3) is 10.2 Å². The molecule has 3 nitrogen and oxygen atoms in total. The first-order chi connectivity index (χ1) is 16.0. The SMILES string of the molecule is CCCCCCCCn1c(SCc2ccc(Cl)cc2Cl)nc2sc3c(c2c1=O)CCC(C)C3. The zero-order valence-corrected chi connectivity index (χ0v) is 22.6. The Kier molecular flexibility index (Phi) is 8.83. The molecule has 4 rings (SSSR count). The van der Waals surface area contributed by atoms with Crippen LogP contribution in [0.3, 0.4) is 0 Å². The van der Waals surface area contributed by atoms with Crippen molar-refractivity contribution in [2.45, 2.75) is 89.1 Å². The summed E-state index contributed by atoms with van der Waals surface area (Å²) in [5.41, 5.74) is 2.41. The van der Waals surface area contributed by atoms with Gasteiger partial charge in [-0.25, -0.2) is 4.98 Å². The molecule has 2 heterocycles. The predicted octanol–water partition coefficient (Wildman–Crippen LogP) is 8.54. The number of aryl methyl sites for hydroxylation is 1. The molecule has 1 aliphatic carbocycles. The van der Waals surface area contributed by atoms with Crippen LogP contribution in [-0.2, 0) is 25.1 Å². The molecular weight excluding hydrogens is 491 g/mol. The van der Waals surface area contributed by atoms with Crippen molar-refractivity contribution >= 4 is 56.5 Å². The highest BCUT2D eigenvalue weighted by molar-refractivity contribution is 7.98. The number of aromatic nitrogens is 2. The van der Waals surface area contributed by atoms with E-state index in [2.05, 4.69) is 13.8 Å². The molecule has 0 saturated heterocycles. The van der Waals surface area contributed by atoms with Crippen molar-refractivity contribution in [1.29, 1.82) is 0 Å². The lowest BCUT2D eigenvalue weighted by atomic mass is 9.89. The second kappa shape index (κ2) is 11.6. The van der Waals surface area contributed by atoms with E-state index < -0.39 is 0 Å². The average molecular weight is 524 g/mol. The van der Waals surface area contributed by atoms with Gasteiger partial charge < -0.3 is 0 Å². The predicted molar refractivity (Wildman–Crippen MR) is 144 cm³/mol. The van der Waals surface area contributed by atoms with Crippen molar-refractivity contribution in [2.24, 2.45) is 5.92 Å². The summed E-state index contributed by atoms with van der Waals surface area (Å²) in [7, 11) is 0. The van der Waals surface area contributed by atoms with E-state index in [9.17, 15) is 4.79 Å². The maximum absolute atomic E-state index is 13.7. The molecule has 0 amide bonds. The van der Waals surface area contributed by atoms with Crippen LogP contribution >= 0.6 is 46.3 Å². The first-order valence-electron chi connectivity index (χ1n) is 12.1. The number of rotatable bonds is 10. The van der Waals surface area contributed by atoms with Crippen LogP contribution in [0.15, 0.2) is 28.2 Å². The van der Waals surface area contributed by atoms with E-state index in [1.165, 1.54) is 36.1 Å². The molecule has 7 heteroatoms. The lowest BCUT2D eigenvalue weighted by Crippen LogP contribution is -2.24. The highest BCUT2D eigenvalue weighted by Crippen LogP contribution is 2.37. The minimum absolute atomic E-state index is 0.144. The first-order valence-corrected chi connectivity index (χ1v) is 14.7. The van der Waals surface area contributed by atoms with Crippen molar-refractivity contribution in [3.05, 3.63) is 54.6 Å². The van der Waals surface area contributed by atoms with E-state index in [4.69, 9.17) is 28.2 Å². The monoisotopic (exact) mass is 522 g/mol. The molecule has 1 aromatic carbocycles. The Labute approximate surface area is 214 Å². The van der Waals surface area contributed by atoms with E-state index in [0.717, 1.165) is 59.6 Å². The quantitative estimate of drug-likeness (QED) is 0.152. The Balaban J connectivity index is 1.63. The molecule has 178 valence electrons. The Bertz CT molecular complexity index is 1170. The van der Waals surface area contributed by atoms with Crippen molar-refractivity contribution in [3.8, 4) is 0 Å². The molecule has 0 aliphatic heterocycles. The second-order valence-electron chi connectivity index (χ2n) is 9.18. The molecular formula is C26H32Cl2N2OS2. The fourth-order valence-electron chi connectivity index (χ4n) is 4.54. The summed E-state index contributed by atoms with van der Waals surface area (Å²) in [4.78, 5) is 21.0. The van der Waals surface area contributed by atoms with E-state index in [-0.39, 0.29) is 5.56 Å². The van der Waals surface area contributed by atoms with Gasteiger partial charge in [-0.2, -0.15) is 0 Å². The molecule has 2 aromatic heterocycles. The molecule has 1 aliphatic rings. The van der Waals surface area contributed by atoms with Gasteiger partial charge in [0.1, 0.15) is 4.83 Å². The lowest BCUT2D eigenvalue weighted by molar-refractivity contribution is 0.507. The van der Waals surface area contributed by atoms with E-state index in [1.807, 2.05) is 16.7 Å². The third kappa shape index (κ3) is 5.98. The maximum Gasteiger partial charge on any atom is 0.263 e. The summed E-state index contributed by atoms with van der Waals surface area (Å²) in [5.74, 6) is 1.34. The Morgan fingerprint density at radius 3 is 2.76 bits per heavy atom. The van der Waals surface area contributed by atoms with E-state index >= 15 is 0 Å². The normalized spacial score (nSPS) is 15.8. The highest BCUT2D eigenvalue weighted by atomic mass is 35.5. The summed E-state index contributed by atoms with van der Waals surface area (Å²) in [6, 6.07) is 5.59. The number of fused-ring (bicyclic) bond motifs is 3. The Morgan fingerprint density at radius 2 is 1.97 bits per heavy atom. The van der Waals surface area contributed by atoms with Crippen molar-refractivity contribution in [2.75, 3.05) is 0 Å². The zero-order chi connectivity index (χ0) is 23.4. The number of thioether (sulfide) groups is 1. The second-order valence-corrected chi connectivity index (χ2v) is 12.0. The molecule has 0 radical (unpaired) electrons. The molecule has 3 aromatic rings. The lowest BCUT2D eigenvalue weighted by Gasteiger charge is -2.18. The van der Waals surface area contributed by atoms with Gasteiger partial charge in [-0.1, -0.05) is 87.0 Å². The molecule has 0 N–H and O–H groups in total. The number of hydrogen-bond donors (Lipinski definition) is 0. The summed E-state index contributed by atoms with van der Waals surface area (Å²) in [5, 5.41) is 2.97. The molecule has 0 fully saturated rings. The molecule has 0 spiro atoms. The van der Waals surface area contributed by atoms with Crippen molar-refractivity contribution in [3.63, 3.8) is 0 Å². The minimum Gasteiger partial charge on any atom is -0.287 e. The Morgan fingerprint density at radius 1 is 1.18 bits per heavy atom. The van der Waals surface area contributed by atoms with Crippen LogP contribution in [0.1, 0.15) is 74.8 Å². The van der Waals surface area contributed by atoms with Gasteiger partial charge in [-0.3, -0.25) is 9.36 Å². The number of halogens is 2. The van der Waals surface area contributed by atoms with Gasteiger partial charge in [0.25, 0.3) is 5.56 Å². The maximum atomic E-state index is 13.7. The molecule has 0 saturated carbocycles. The number of hydrogen-bond acceptors (Lipinski definition) is 4. The van der Waals surface area contributed by atoms with Gasteiger partial charge in [0, 0.05) is 27.2 Å². The van der Waals surface area contributed by atoms with Gasteiger partial charge in [0.05, 0.1) is 5.39 Å². The smallest absolute Gasteiger partial charge is 0.263 e. The summed E-state index contributed by atoms with van der Waals surface area (Å²) < 4.78 is 1.93. The first kappa shape index (κ1) is 25.1. The number of unbranched alkanes of at least 4 members (excludes halogenated alkanes) is 5. The molecule has 1 atom stereocenters. The number of nitrogens with zero attached hydrogens (tertiary/aromatic N) is 2. The van der Waals surface area contributed by atoms with Crippen LogP contribution in [0, 0.1) is 5.92 Å². The topological polar surface area (TPSA) is 34.9 Å². The van der Waals surface area contributed by atoms with Crippen LogP contribution in [-0.4, -0.2) is 9.55 Å². The summed E-state index contributed by atoms with van der Waals surface area (Å²) >= 11 is 15.8. The zero-order valence-electron chi connectivity index (χ0n) is 19.5. The van der Waals surface area contributed by atoms with Crippen LogP contribution in [0.2, 0.25) is 10.0 Å². The summed E-state index contributed by atoms with van der Waals surface area (Å²) in [6.07, 6.45) is 10.4.